The van der Waals surface area contributed by atoms with Crippen molar-refractivity contribution in [3.63, 3.8) is 0 Å². The van der Waals surface area contributed by atoms with Crippen LogP contribution in [0.1, 0.15) is 39.5 Å². The lowest BCUT2D eigenvalue weighted by Gasteiger charge is -2.18. The Hall–Kier alpha value is -1.42. The van der Waals surface area contributed by atoms with Gasteiger partial charge in [0.05, 0.1) is 12.1 Å². The quantitative estimate of drug-likeness (QED) is 0.678. The molecule has 0 aliphatic heterocycles. The van der Waals surface area contributed by atoms with Crippen LogP contribution in [0, 0.1) is 34.5 Å². The second-order valence-corrected chi connectivity index (χ2v) is 5.27. The maximum atomic E-state index is 9.13. The van der Waals surface area contributed by atoms with Crippen LogP contribution in [-0.2, 0) is 0 Å². The van der Waals surface area contributed by atoms with Crippen LogP contribution in [0.15, 0.2) is 10.2 Å². The average molecular weight is 216 g/mol. The van der Waals surface area contributed by atoms with E-state index in [0.29, 0.717) is 11.8 Å². The number of hydrogen-bond acceptors (Lipinski definition) is 4. The van der Waals surface area contributed by atoms with Gasteiger partial charge in [-0.05, 0) is 51.4 Å². The third-order valence-corrected chi connectivity index (χ3v) is 3.66. The van der Waals surface area contributed by atoms with E-state index in [4.69, 9.17) is 10.5 Å². The van der Waals surface area contributed by atoms with E-state index in [2.05, 4.69) is 22.4 Å². The molecule has 0 N–H and O–H groups in total. The first-order chi connectivity index (χ1) is 7.54. The zero-order chi connectivity index (χ0) is 11.8. The maximum absolute atomic E-state index is 9.13. The molecule has 0 bridgehead atoms. The molecule has 84 valence electrons. The fourth-order valence-corrected chi connectivity index (χ4v) is 1.89. The Morgan fingerprint density at radius 1 is 0.875 bits per heavy atom. The van der Waals surface area contributed by atoms with Crippen molar-refractivity contribution < 1.29 is 0 Å². The number of nitrogens with zero attached hydrogens (tertiary/aromatic N) is 4. The highest BCUT2D eigenvalue weighted by Crippen LogP contribution is 2.45. The molecule has 0 amide bonds. The van der Waals surface area contributed by atoms with Crippen LogP contribution in [0.5, 0.6) is 0 Å². The lowest BCUT2D eigenvalue weighted by atomic mass is 9.98. The van der Waals surface area contributed by atoms with E-state index in [-0.39, 0.29) is 0 Å². The van der Waals surface area contributed by atoms with Crippen molar-refractivity contribution in [1.82, 2.24) is 0 Å². The van der Waals surface area contributed by atoms with Crippen LogP contribution in [0.2, 0.25) is 0 Å². The fraction of sp³-hybridized carbons (Fsp3) is 0.833. The molecule has 0 radical (unpaired) electrons. The van der Waals surface area contributed by atoms with Gasteiger partial charge < -0.3 is 0 Å². The summed E-state index contributed by atoms with van der Waals surface area (Å²) in [5.41, 5.74) is -1.43. The van der Waals surface area contributed by atoms with Crippen molar-refractivity contribution in [2.75, 3.05) is 0 Å². The summed E-state index contributed by atoms with van der Waals surface area (Å²) in [5, 5.41) is 26.6. The Labute approximate surface area is 96.0 Å². The van der Waals surface area contributed by atoms with E-state index >= 15 is 0 Å². The highest BCUT2D eigenvalue weighted by atomic mass is 15.2. The smallest absolute Gasteiger partial charge is 0.167 e. The van der Waals surface area contributed by atoms with E-state index < -0.39 is 11.1 Å². The van der Waals surface area contributed by atoms with Gasteiger partial charge in [-0.2, -0.15) is 20.8 Å². The fourth-order valence-electron chi connectivity index (χ4n) is 1.89. The molecule has 0 spiro atoms. The van der Waals surface area contributed by atoms with Gasteiger partial charge >= 0.3 is 0 Å². The van der Waals surface area contributed by atoms with Crippen molar-refractivity contribution in [2.24, 2.45) is 22.1 Å². The third-order valence-electron chi connectivity index (χ3n) is 3.66. The Bertz CT molecular complexity index is 356. The van der Waals surface area contributed by atoms with Gasteiger partial charge in [0.15, 0.2) is 11.1 Å². The lowest BCUT2D eigenvalue weighted by molar-refractivity contribution is 0.428. The molecule has 2 unspecified atom stereocenters. The SMILES string of the molecule is CC(C#N)(/N=N/C(C)(C#N)C1CC1)C1CC1. The predicted octanol–water partition coefficient (Wildman–Crippen LogP) is 2.82. The predicted molar refractivity (Wildman–Crippen MR) is 58.3 cm³/mol. The summed E-state index contributed by atoms with van der Waals surface area (Å²) in [6, 6.07) is 4.45. The largest absolute Gasteiger partial charge is 0.196 e. The third kappa shape index (κ3) is 1.93. The molecule has 0 aromatic carbocycles. The molecule has 2 saturated carbocycles. The normalized spacial score (nSPS) is 27.8. The van der Waals surface area contributed by atoms with Crippen LogP contribution in [-0.4, -0.2) is 11.1 Å². The minimum absolute atomic E-state index is 0.336. The van der Waals surface area contributed by atoms with Gasteiger partial charge in [0.1, 0.15) is 0 Å². The molecule has 2 aliphatic carbocycles. The van der Waals surface area contributed by atoms with Crippen molar-refractivity contribution in [3.8, 4) is 12.1 Å². The minimum atomic E-state index is -0.715. The monoisotopic (exact) mass is 216 g/mol. The zero-order valence-electron chi connectivity index (χ0n) is 9.77. The first-order valence-corrected chi connectivity index (χ1v) is 5.80. The Balaban J connectivity index is 2.13. The van der Waals surface area contributed by atoms with E-state index in [1.165, 1.54) is 0 Å². The van der Waals surface area contributed by atoms with Crippen molar-refractivity contribution in [1.29, 1.82) is 10.5 Å². The van der Waals surface area contributed by atoms with Crippen LogP contribution in [0.25, 0.3) is 0 Å². The molecule has 0 saturated heterocycles. The lowest BCUT2D eigenvalue weighted by Crippen LogP contribution is -2.26. The Morgan fingerprint density at radius 2 is 1.19 bits per heavy atom. The second kappa shape index (κ2) is 3.56. The molecule has 2 fully saturated rings. The van der Waals surface area contributed by atoms with E-state index in [0.717, 1.165) is 25.7 Å². The van der Waals surface area contributed by atoms with Gasteiger partial charge in [0, 0.05) is 0 Å². The topological polar surface area (TPSA) is 72.3 Å². The van der Waals surface area contributed by atoms with Crippen molar-refractivity contribution in [2.45, 2.75) is 50.6 Å². The van der Waals surface area contributed by atoms with Crippen molar-refractivity contribution in [3.05, 3.63) is 0 Å². The van der Waals surface area contributed by atoms with Gasteiger partial charge in [0.25, 0.3) is 0 Å². The van der Waals surface area contributed by atoms with Crippen LogP contribution < -0.4 is 0 Å². The molecular weight excluding hydrogens is 200 g/mol. The summed E-state index contributed by atoms with van der Waals surface area (Å²) in [7, 11) is 0. The number of rotatable bonds is 4. The first kappa shape index (κ1) is 11.1. The first-order valence-electron chi connectivity index (χ1n) is 5.80. The van der Waals surface area contributed by atoms with Gasteiger partial charge in [0.2, 0.25) is 0 Å². The molecule has 4 nitrogen and oxygen atoms in total. The average Bonchev–Trinajstić information content (AvgIpc) is 3.15. The summed E-state index contributed by atoms with van der Waals surface area (Å²) in [5.74, 6) is 0.673. The van der Waals surface area contributed by atoms with Gasteiger partial charge in [-0.1, -0.05) is 0 Å². The summed E-state index contributed by atoms with van der Waals surface area (Å²) in [6.45, 7) is 3.64. The van der Waals surface area contributed by atoms with Crippen molar-refractivity contribution >= 4 is 0 Å². The molecule has 2 rings (SSSR count). The highest BCUT2D eigenvalue weighted by molar-refractivity contribution is 5.15. The molecule has 2 aliphatic rings. The van der Waals surface area contributed by atoms with Crippen LogP contribution in [0.4, 0.5) is 0 Å². The van der Waals surface area contributed by atoms with Crippen LogP contribution >= 0.6 is 0 Å². The summed E-state index contributed by atoms with van der Waals surface area (Å²) >= 11 is 0. The van der Waals surface area contributed by atoms with Gasteiger partial charge in [-0.3, -0.25) is 0 Å². The maximum Gasteiger partial charge on any atom is 0.167 e. The molecule has 4 heteroatoms. The molecule has 2 atom stereocenters. The molecule has 0 aromatic rings. The second-order valence-electron chi connectivity index (χ2n) is 5.27. The highest BCUT2D eigenvalue weighted by Gasteiger charge is 2.46. The Morgan fingerprint density at radius 3 is 1.38 bits per heavy atom. The standard InChI is InChI=1S/C12H16N4/c1-11(7-13,9-3-4-9)15-16-12(2,8-14)10-5-6-10/h9-10H,3-6H2,1-2H3/b16-15+. The summed E-state index contributed by atoms with van der Waals surface area (Å²) in [4.78, 5) is 0. The molecule has 16 heavy (non-hydrogen) atoms. The summed E-state index contributed by atoms with van der Waals surface area (Å²) < 4.78 is 0. The van der Waals surface area contributed by atoms with E-state index in [1.807, 2.05) is 13.8 Å². The molecule has 0 heterocycles. The van der Waals surface area contributed by atoms with E-state index in [1.54, 1.807) is 0 Å². The Kier molecular flexibility index (Phi) is 2.46. The van der Waals surface area contributed by atoms with Gasteiger partial charge in [-0.15, -0.1) is 0 Å². The van der Waals surface area contributed by atoms with Crippen LogP contribution in [0.3, 0.4) is 0 Å². The minimum Gasteiger partial charge on any atom is -0.196 e. The van der Waals surface area contributed by atoms with E-state index in [9.17, 15) is 0 Å². The zero-order valence-corrected chi connectivity index (χ0v) is 9.77. The number of nitriles is 2. The number of hydrogen-bond donors (Lipinski definition) is 0. The summed E-state index contributed by atoms with van der Waals surface area (Å²) in [6.07, 6.45) is 4.21. The molecule has 0 aromatic heterocycles. The number of azo groups is 1. The van der Waals surface area contributed by atoms with Gasteiger partial charge in [-0.25, -0.2) is 0 Å². The molecular formula is C12H16N4.